The number of halogens is 1. The number of sulfonamides is 1. The van der Waals surface area contributed by atoms with Crippen molar-refractivity contribution in [2.75, 3.05) is 4.72 Å². The summed E-state index contributed by atoms with van der Waals surface area (Å²) >= 11 is 6.22. The van der Waals surface area contributed by atoms with Crippen molar-refractivity contribution in [2.45, 2.75) is 38.0 Å². The van der Waals surface area contributed by atoms with Crippen molar-refractivity contribution in [1.82, 2.24) is 9.97 Å². The van der Waals surface area contributed by atoms with E-state index in [0.717, 1.165) is 22.4 Å². The second-order valence-corrected chi connectivity index (χ2v) is 10.1. The summed E-state index contributed by atoms with van der Waals surface area (Å²) in [7, 11) is -3.98. The van der Waals surface area contributed by atoms with E-state index in [4.69, 9.17) is 11.6 Å². The second-order valence-electron chi connectivity index (χ2n) is 8.01. The third-order valence-electron chi connectivity index (χ3n) is 5.30. The van der Waals surface area contributed by atoms with Gasteiger partial charge in [-0.05, 0) is 54.3 Å². The summed E-state index contributed by atoms with van der Waals surface area (Å²) in [6.07, 6.45) is 7.58. The minimum absolute atomic E-state index is 0.0333. The highest BCUT2D eigenvalue weighted by molar-refractivity contribution is 7.92. The van der Waals surface area contributed by atoms with Gasteiger partial charge in [0.2, 0.25) is 5.78 Å². The number of aryl methyl sites for hydroxylation is 1. The van der Waals surface area contributed by atoms with Crippen LogP contribution in [0.25, 0.3) is 6.08 Å². The molecule has 3 aromatic rings. The highest BCUT2D eigenvalue weighted by atomic mass is 35.5. The maximum atomic E-state index is 13.4. The number of aromatic nitrogens is 2. The molecule has 0 saturated carbocycles. The molecule has 2 aromatic heterocycles. The zero-order valence-electron chi connectivity index (χ0n) is 17.9. The first-order chi connectivity index (χ1) is 15.2. The number of anilines is 1. The Balaban J connectivity index is 1.75. The lowest BCUT2D eigenvalue weighted by atomic mass is 10.0. The van der Waals surface area contributed by atoms with Gasteiger partial charge in [-0.25, -0.2) is 8.42 Å². The highest BCUT2D eigenvalue weighted by Gasteiger charge is 2.25. The molecular formula is C24H22ClN3O3S. The predicted molar refractivity (Wildman–Crippen MR) is 126 cm³/mol. The van der Waals surface area contributed by atoms with E-state index in [9.17, 15) is 13.2 Å². The number of hydrogen-bond acceptors (Lipinski definition) is 5. The Bertz CT molecular complexity index is 1360. The first-order valence-corrected chi connectivity index (χ1v) is 12.0. The highest BCUT2D eigenvalue weighted by Crippen LogP contribution is 2.30. The van der Waals surface area contributed by atoms with Crippen LogP contribution in [-0.4, -0.2) is 24.2 Å². The quantitative estimate of drug-likeness (QED) is 0.505. The molecule has 0 fully saturated rings. The lowest BCUT2D eigenvalue weighted by Crippen LogP contribution is -2.18. The predicted octanol–water partition coefficient (Wildman–Crippen LogP) is 5.16. The Kier molecular flexibility index (Phi) is 5.88. The van der Waals surface area contributed by atoms with E-state index >= 15 is 0 Å². The third kappa shape index (κ3) is 4.18. The molecule has 164 valence electrons. The first kappa shape index (κ1) is 22.2. The number of allylic oxidation sites excluding steroid dienone is 1. The van der Waals surface area contributed by atoms with Crippen molar-refractivity contribution in [3.05, 3.63) is 87.5 Å². The molecule has 2 heterocycles. The van der Waals surface area contributed by atoms with Crippen LogP contribution in [-0.2, 0) is 16.4 Å². The van der Waals surface area contributed by atoms with Crippen LogP contribution in [0.3, 0.4) is 0 Å². The summed E-state index contributed by atoms with van der Waals surface area (Å²) < 4.78 is 28.9. The van der Waals surface area contributed by atoms with Gasteiger partial charge < -0.3 is 0 Å². The molecule has 6 nitrogen and oxygen atoms in total. The average Bonchev–Trinajstić information content (AvgIpc) is 3.22. The number of nitrogens with zero attached hydrogens (tertiary/aromatic N) is 2. The van der Waals surface area contributed by atoms with Gasteiger partial charge in [0, 0.05) is 35.0 Å². The van der Waals surface area contributed by atoms with Gasteiger partial charge in [-0.3, -0.25) is 19.5 Å². The van der Waals surface area contributed by atoms with Crippen molar-refractivity contribution in [2.24, 2.45) is 0 Å². The fraction of sp³-hybridized carbons (Fsp3) is 0.208. The smallest absolute Gasteiger partial charge is 0.261 e. The van der Waals surface area contributed by atoms with Gasteiger partial charge in [-0.2, -0.15) is 0 Å². The topological polar surface area (TPSA) is 89.0 Å². The monoisotopic (exact) mass is 467 g/mol. The van der Waals surface area contributed by atoms with E-state index in [2.05, 4.69) is 14.7 Å². The summed E-state index contributed by atoms with van der Waals surface area (Å²) in [6, 6.07) is 7.81. The number of pyridine rings is 2. The Morgan fingerprint density at radius 3 is 2.69 bits per heavy atom. The molecule has 0 spiro atoms. The van der Waals surface area contributed by atoms with Crippen LogP contribution < -0.4 is 4.72 Å². The van der Waals surface area contributed by atoms with Crippen LogP contribution in [0.2, 0.25) is 5.02 Å². The van der Waals surface area contributed by atoms with E-state index < -0.39 is 10.0 Å². The lowest BCUT2D eigenvalue weighted by molar-refractivity contribution is 0.103. The van der Waals surface area contributed by atoms with Crippen molar-refractivity contribution in [1.29, 1.82) is 0 Å². The lowest BCUT2D eigenvalue weighted by Gasteiger charge is -2.15. The largest absolute Gasteiger partial charge is 0.287 e. The molecule has 0 aliphatic heterocycles. The van der Waals surface area contributed by atoms with Gasteiger partial charge in [0.05, 0.1) is 16.3 Å². The first-order valence-electron chi connectivity index (χ1n) is 10.2. The van der Waals surface area contributed by atoms with Crippen LogP contribution >= 0.6 is 11.6 Å². The molecule has 1 aliphatic rings. The van der Waals surface area contributed by atoms with E-state index in [-0.39, 0.29) is 28.0 Å². The fourth-order valence-corrected chi connectivity index (χ4v) is 5.07. The number of carbonyl (C=O) groups excluding carboxylic acids is 1. The number of ketones is 1. The molecule has 0 atom stereocenters. The molecular weight excluding hydrogens is 446 g/mol. The zero-order chi connectivity index (χ0) is 23.0. The Labute approximate surface area is 192 Å². The molecule has 0 saturated heterocycles. The second kappa shape index (κ2) is 8.48. The zero-order valence-corrected chi connectivity index (χ0v) is 19.5. The standard InChI is InChI=1S/C24H22ClN3O3S/c1-14(2)19-12-16(7-8-20(19)25)32(30,31)28-22-11-15(3)13-27-23(22)24(29)18-9-10-26-21-6-4-5-17(18)21/h4-5,7-14,28H,6H2,1-3H3. The summed E-state index contributed by atoms with van der Waals surface area (Å²) in [4.78, 5) is 22.0. The van der Waals surface area contributed by atoms with Gasteiger partial charge in [-0.1, -0.05) is 37.6 Å². The van der Waals surface area contributed by atoms with Crippen LogP contribution in [0.4, 0.5) is 5.69 Å². The molecule has 1 aromatic carbocycles. The van der Waals surface area contributed by atoms with Gasteiger partial charge in [0.15, 0.2) is 0 Å². The molecule has 0 radical (unpaired) electrons. The fourth-order valence-electron chi connectivity index (χ4n) is 3.64. The van der Waals surface area contributed by atoms with E-state index in [0.29, 0.717) is 17.0 Å². The minimum Gasteiger partial charge on any atom is -0.287 e. The van der Waals surface area contributed by atoms with Gasteiger partial charge in [0.25, 0.3) is 10.0 Å². The molecule has 0 bridgehead atoms. The molecule has 0 unspecified atom stereocenters. The average molecular weight is 468 g/mol. The maximum Gasteiger partial charge on any atom is 0.261 e. The van der Waals surface area contributed by atoms with Gasteiger partial charge >= 0.3 is 0 Å². The number of nitrogens with one attached hydrogen (secondary N) is 1. The molecule has 8 heteroatoms. The Morgan fingerprint density at radius 2 is 1.94 bits per heavy atom. The van der Waals surface area contributed by atoms with Crippen LogP contribution in [0.5, 0.6) is 0 Å². The van der Waals surface area contributed by atoms with E-state index in [1.54, 1.807) is 43.6 Å². The van der Waals surface area contributed by atoms with Crippen molar-refractivity contribution < 1.29 is 13.2 Å². The molecule has 1 aliphatic carbocycles. The molecule has 32 heavy (non-hydrogen) atoms. The van der Waals surface area contributed by atoms with Crippen molar-refractivity contribution in [3.8, 4) is 0 Å². The summed E-state index contributed by atoms with van der Waals surface area (Å²) in [5.74, 6) is -0.316. The summed E-state index contributed by atoms with van der Waals surface area (Å²) in [5.41, 5.74) is 3.61. The summed E-state index contributed by atoms with van der Waals surface area (Å²) in [5, 5.41) is 0.506. The van der Waals surface area contributed by atoms with Crippen molar-refractivity contribution in [3.63, 3.8) is 0 Å². The summed E-state index contributed by atoms with van der Waals surface area (Å²) in [6.45, 7) is 5.66. The van der Waals surface area contributed by atoms with Crippen LogP contribution in [0, 0.1) is 6.92 Å². The molecule has 1 N–H and O–H groups in total. The minimum atomic E-state index is -3.98. The Hall–Kier alpha value is -3.03. The molecule has 0 amide bonds. The molecule has 4 rings (SSSR count). The number of rotatable bonds is 6. The van der Waals surface area contributed by atoms with Gasteiger partial charge in [-0.15, -0.1) is 0 Å². The third-order valence-corrected chi connectivity index (χ3v) is 7.00. The number of hydrogen-bond donors (Lipinski definition) is 1. The van der Waals surface area contributed by atoms with Gasteiger partial charge in [0.1, 0.15) is 5.69 Å². The van der Waals surface area contributed by atoms with Crippen molar-refractivity contribution >= 4 is 39.2 Å². The van der Waals surface area contributed by atoms with Crippen LogP contribution in [0.15, 0.2) is 53.7 Å². The normalized spacial score (nSPS) is 12.8. The Morgan fingerprint density at radius 1 is 1.16 bits per heavy atom. The maximum absolute atomic E-state index is 13.4. The van der Waals surface area contributed by atoms with E-state index in [1.807, 2.05) is 26.0 Å². The number of carbonyl (C=O) groups is 1. The van der Waals surface area contributed by atoms with E-state index in [1.165, 1.54) is 6.07 Å². The number of fused-ring (bicyclic) bond motifs is 1. The van der Waals surface area contributed by atoms with Crippen LogP contribution in [0.1, 0.15) is 58.2 Å². The SMILES string of the molecule is Cc1cnc(C(=O)c2ccnc3c2C=CC3)c(NS(=O)(=O)c2ccc(Cl)c(C(C)C)c2)c1. The number of benzene rings is 1.